The number of nitrogens with one attached hydrogen (secondary N) is 1. The van der Waals surface area contributed by atoms with Crippen molar-refractivity contribution in [3.63, 3.8) is 0 Å². The average molecular weight is 264 g/mol. The molecule has 2 heterocycles. The van der Waals surface area contributed by atoms with Crippen LogP contribution in [-0.4, -0.2) is 28.0 Å². The highest BCUT2D eigenvalue weighted by Crippen LogP contribution is 2.27. The van der Waals surface area contributed by atoms with Crippen LogP contribution in [0.1, 0.15) is 12.5 Å². The molecule has 94 valence electrons. The highest BCUT2D eigenvalue weighted by Gasteiger charge is 2.17. The van der Waals surface area contributed by atoms with E-state index in [2.05, 4.69) is 10.4 Å². The van der Waals surface area contributed by atoms with Gasteiger partial charge in [-0.25, -0.2) is 0 Å². The molecule has 0 saturated carbocycles. The first-order valence-corrected chi connectivity index (χ1v) is 6.36. The van der Waals surface area contributed by atoms with Gasteiger partial charge in [-0.2, -0.15) is 5.10 Å². The first kappa shape index (κ1) is 11.6. The molecule has 1 aliphatic heterocycles. The smallest absolute Gasteiger partial charge is 0.117 e. The number of hydrogen-bond acceptors (Lipinski definition) is 3. The summed E-state index contributed by atoms with van der Waals surface area (Å²) in [7, 11) is 0. The molecule has 3 rings (SSSR count). The molecule has 1 atom stereocenters. The maximum atomic E-state index is 9.54. The lowest BCUT2D eigenvalue weighted by atomic mass is 10.1. The lowest BCUT2D eigenvalue weighted by molar-refractivity contribution is 0.475. The van der Waals surface area contributed by atoms with E-state index >= 15 is 0 Å². The van der Waals surface area contributed by atoms with Crippen LogP contribution < -0.4 is 5.32 Å². The summed E-state index contributed by atoms with van der Waals surface area (Å²) in [6.07, 6.45) is 3.08. The van der Waals surface area contributed by atoms with Crippen molar-refractivity contribution in [2.75, 3.05) is 13.1 Å². The molecule has 0 aliphatic carbocycles. The van der Waals surface area contributed by atoms with Crippen LogP contribution in [0.2, 0.25) is 5.02 Å². The number of benzene rings is 1. The third-order valence-electron chi connectivity index (χ3n) is 3.20. The molecular formula is C13H14ClN3O. The Morgan fingerprint density at radius 2 is 2.28 bits per heavy atom. The van der Waals surface area contributed by atoms with E-state index in [0.717, 1.165) is 30.8 Å². The van der Waals surface area contributed by atoms with E-state index in [9.17, 15) is 5.11 Å². The second-order valence-electron chi connectivity index (χ2n) is 4.53. The monoisotopic (exact) mass is 263 g/mol. The van der Waals surface area contributed by atoms with E-state index in [1.165, 1.54) is 6.07 Å². The topological polar surface area (TPSA) is 50.1 Å². The van der Waals surface area contributed by atoms with Gasteiger partial charge in [0.1, 0.15) is 5.75 Å². The number of nitrogens with zero attached hydrogens (tertiary/aromatic N) is 2. The number of phenolic OH excluding ortho intramolecular Hbond substituents is 1. The van der Waals surface area contributed by atoms with Gasteiger partial charge in [-0.05, 0) is 37.2 Å². The summed E-state index contributed by atoms with van der Waals surface area (Å²) in [5, 5.41) is 17.9. The summed E-state index contributed by atoms with van der Waals surface area (Å²) < 4.78 is 1.98. The van der Waals surface area contributed by atoms with Gasteiger partial charge >= 0.3 is 0 Å². The van der Waals surface area contributed by atoms with Gasteiger partial charge < -0.3 is 10.4 Å². The lowest BCUT2D eigenvalue weighted by Crippen LogP contribution is -2.13. The molecular weight excluding hydrogens is 250 g/mol. The van der Waals surface area contributed by atoms with Gasteiger partial charge in [0.25, 0.3) is 0 Å². The van der Waals surface area contributed by atoms with E-state index in [4.69, 9.17) is 11.6 Å². The van der Waals surface area contributed by atoms with Gasteiger partial charge in [-0.1, -0.05) is 11.6 Å². The predicted octanol–water partition coefficient (Wildman–Crippen LogP) is 2.44. The number of aromatic hydroxyl groups is 1. The van der Waals surface area contributed by atoms with Crippen LogP contribution in [0.4, 0.5) is 0 Å². The molecule has 4 nitrogen and oxygen atoms in total. The van der Waals surface area contributed by atoms with Crippen LogP contribution in [-0.2, 0) is 0 Å². The fourth-order valence-corrected chi connectivity index (χ4v) is 2.51. The fourth-order valence-electron chi connectivity index (χ4n) is 2.28. The Kier molecular flexibility index (Phi) is 2.97. The maximum Gasteiger partial charge on any atom is 0.117 e. The molecule has 0 amide bonds. The molecule has 1 aromatic carbocycles. The average Bonchev–Trinajstić information content (AvgIpc) is 2.99. The summed E-state index contributed by atoms with van der Waals surface area (Å²) in [6.45, 7) is 2.00. The highest BCUT2D eigenvalue weighted by molar-refractivity contribution is 6.31. The van der Waals surface area contributed by atoms with Crippen molar-refractivity contribution in [2.24, 2.45) is 0 Å². The number of aromatic nitrogens is 2. The molecule has 1 unspecified atom stereocenters. The van der Waals surface area contributed by atoms with Crippen LogP contribution in [0.3, 0.4) is 0 Å². The van der Waals surface area contributed by atoms with Crippen molar-refractivity contribution in [3.8, 4) is 17.0 Å². The van der Waals surface area contributed by atoms with Crippen molar-refractivity contribution in [2.45, 2.75) is 12.5 Å². The van der Waals surface area contributed by atoms with Crippen LogP contribution in [0.5, 0.6) is 5.75 Å². The minimum absolute atomic E-state index is 0.162. The summed E-state index contributed by atoms with van der Waals surface area (Å²) in [6, 6.07) is 7.37. The third-order valence-corrected chi connectivity index (χ3v) is 3.41. The highest BCUT2D eigenvalue weighted by atomic mass is 35.5. The van der Waals surface area contributed by atoms with Crippen molar-refractivity contribution in [1.29, 1.82) is 0 Å². The van der Waals surface area contributed by atoms with Gasteiger partial charge in [-0.15, -0.1) is 0 Å². The zero-order valence-corrected chi connectivity index (χ0v) is 10.6. The minimum atomic E-state index is 0.162. The Labute approximate surface area is 110 Å². The summed E-state index contributed by atoms with van der Waals surface area (Å²) in [4.78, 5) is 0. The summed E-state index contributed by atoms with van der Waals surface area (Å²) >= 11 is 5.93. The summed E-state index contributed by atoms with van der Waals surface area (Å²) in [5.74, 6) is 0.162. The van der Waals surface area contributed by atoms with Gasteiger partial charge in [0, 0.05) is 23.3 Å². The maximum absolute atomic E-state index is 9.54. The molecule has 0 spiro atoms. The molecule has 0 bridgehead atoms. The van der Waals surface area contributed by atoms with Gasteiger partial charge in [-0.3, -0.25) is 4.68 Å². The first-order valence-electron chi connectivity index (χ1n) is 5.98. The van der Waals surface area contributed by atoms with Gasteiger partial charge in [0.05, 0.1) is 11.7 Å². The van der Waals surface area contributed by atoms with E-state index in [-0.39, 0.29) is 5.75 Å². The molecule has 1 aromatic heterocycles. The Morgan fingerprint density at radius 3 is 3.00 bits per heavy atom. The van der Waals surface area contributed by atoms with Crippen LogP contribution in [0.15, 0.2) is 30.5 Å². The molecule has 1 saturated heterocycles. The number of halogens is 1. The molecule has 1 aliphatic rings. The van der Waals surface area contributed by atoms with Crippen molar-refractivity contribution < 1.29 is 5.11 Å². The van der Waals surface area contributed by atoms with Crippen molar-refractivity contribution >= 4 is 11.6 Å². The van der Waals surface area contributed by atoms with Gasteiger partial charge in [0.2, 0.25) is 0 Å². The largest absolute Gasteiger partial charge is 0.508 e. The molecule has 2 N–H and O–H groups in total. The normalized spacial score (nSPS) is 19.3. The number of hydrogen-bond donors (Lipinski definition) is 2. The SMILES string of the molecule is Oc1cc(Cl)cc(-c2ccn(C3CCNC3)n2)c1. The van der Waals surface area contributed by atoms with E-state index in [1.54, 1.807) is 12.1 Å². The standard InChI is InChI=1S/C13H14ClN3O/c14-10-5-9(6-12(18)7-10)13-2-4-17(16-13)11-1-3-15-8-11/h2,4-7,11,15,18H,1,3,8H2. The van der Waals surface area contributed by atoms with E-state index in [1.807, 2.05) is 16.9 Å². The zero-order valence-electron chi connectivity index (χ0n) is 9.81. The second kappa shape index (κ2) is 4.63. The van der Waals surface area contributed by atoms with Crippen LogP contribution in [0.25, 0.3) is 11.3 Å². The number of rotatable bonds is 2. The Bertz CT molecular complexity index is 541. The number of phenols is 1. The Morgan fingerprint density at radius 1 is 1.39 bits per heavy atom. The summed E-state index contributed by atoms with van der Waals surface area (Å²) in [5.41, 5.74) is 1.67. The van der Waals surface area contributed by atoms with E-state index in [0.29, 0.717) is 11.1 Å². The first-order chi connectivity index (χ1) is 8.72. The lowest BCUT2D eigenvalue weighted by Gasteiger charge is -2.08. The van der Waals surface area contributed by atoms with Crippen molar-refractivity contribution in [3.05, 3.63) is 35.5 Å². The molecule has 18 heavy (non-hydrogen) atoms. The quantitative estimate of drug-likeness (QED) is 0.875. The van der Waals surface area contributed by atoms with Crippen LogP contribution >= 0.6 is 11.6 Å². The molecule has 0 radical (unpaired) electrons. The Hall–Kier alpha value is -1.52. The molecule has 5 heteroatoms. The van der Waals surface area contributed by atoms with Crippen molar-refractivity contribution in [1.82, 2.24) is 15.1 Å². The van der Waals surface area contributed by atoms with Crippen LogP contribution in [0, 0.1) is 0 Å². The van der Waals surface area contributed by atoms with Gasteiger partial charge in [0.15, 0.2) is 0 Å². The zero-order chi connectivity index (χ0) is 12.5. The Balaban J connectivity index is 1.92. The minimum Gasteiger partial charge on any atom is -0.508 e. The molecule has 2 aromatic rings. The second-order valence-corrected chi connectivity index (χ2v) is 4.96. The predicted molar refractivity (Wildman–Crippen MR) is 70.9 cm³/mol. The third kappa shape index (κ3) is 2.21. The molecule has 1 fully saturated rings. The fraction of sp³-hybridized carbons (Fsp3) is 0.308. The van der Waals surface area contributed by atoms with E-state index < -0.39 is 0 Å².